The van der Waals surface area contributed by atoms with E-state index >= 15 is 0 Å². The molecule has 0 aliphatic carbocycles. The summed E-state index contributed by atoms with van der Waals surface area (Å²) in [5, 5.41) is 0. The highest BCUT2D eigenvalue weighted by atomic mass is 19.1. The Morgan fingerprint density at radius 2 is 1.80 bits per heavy atom. The molecule has 0 radical (unpaired) electrons. The van der Waals surface area contributed by atoms with Crippen LogP contribution in [0, 0.1) is 11.7 Å². The SMILES string of the molecule is CC(C)N(C)C(=O)C1CCN(C(=O)C[C@H](C)c2ccccc2F)CC1. The van der Waals surface area contributed by atoms with Crippen molar-refractivity contribution in [3.05, 3.63) is 35.6 Å². The van der Waals surface area contributed by atoms with Gasteiger partial charge in [0.2, 0.25) is 11.8 Å². The summed E-state index contributed by atoms with van der Waals surface area (Å²) in [5.74, 6) is -0.204. The van der Waals surface area contributed by atoms with E-state index in [9.17, 15) is 14.0 Å². The van der Waals surface area contributed by atoms with Crippen molar-refractivity contribution >= 4 is 11.8 Å². The van der Waals surface area contributed by atoms with Gasteiger partial charge < -0.3 is 9.80 Å². The molecule has 1 fully saturated rings. The summed E-state index contributed by atoms with van der Waals surface area (Å²) in [5.41, 5.74) is 0.583. The van der Waals surface area contributed by atoms with E-state index in [-0.39, 0.29) is 35.5 Å². The van der Waals surface area contributed by atoms with Gasteiger partial charge in [0.15, 0.2) is 0 Å². The van der Waals surface area contributed by atoms with Gasteiger partial charge in [0.05, 0.1) is 0 Å². The Kier molecular flexibility index (Phi) is 6.57. The highest BCUT2D eigenvalue weighted by Crippen LogP contribution is 2.25. The Balaban J connectivity index is 1.87. The van der Waals surface area contributed by atoms with E-state index in [2.05, 4.69) is 0 Å². The summed E-state index contributed by atoms with van der Waals surface area (Å²) >= 11 is 0. The number of hydrogen-bond acceptors (Lipinski definition) is 2. The molecule has 1 saturated heterocycles. The minimum atomic E-state index is -0.260. The Bertz CT molecular complexity index is 609. The number of carbonyl (C=O) groups is 2. The number of amides is 2. The van der Waals surface area contributed by atoms with Crippen molar-refractivity contribution in [2.45, 2.75) is 52.0 Å². The normalized spacial score (nSPS) is 16.8. The molecule has 1 aromatic carbocycles. The van der Waals surface area contributed by atoms with E-state index in [0.29, 0.717) is 37.9 Å². The molecule has 0 bridgehead atoms. The van der Waals surface area contributed by atoms with Crippen LogP contribution in [0.2, 0.25) is 0 Å². The summed E-state index contributed by atoms with van der Waals surface area (Å²) in [6.07, 6.45) is 1.71. The Hall–Kier alpha value is -1.91. The molecule has 138 valence electrons. The largest absolute Gasteiger partial charge is 0.343 e. The minimum absolute atomic E-state index is 0.000409. The third kappa shape index (κ3) is 4.80. The van der Waals surface area contributed by atoms with Crippen LogP contribution in [-0.4, -0.2) is 47.8 Å². The average Bonchev–Trinajstić information content (AvgIpc) is 2.60. The lowest BCUT2D eigenvalue weighted by Crippen LogP contribution is -2.45. The Morgan fingerprint density at radius 1 is 1.20 bits per heavy atom. The molecular formula is C20H29FN2O2. The van der Waals surface area contributed by atoms with Crippen LogP contribution in [0.4, 0.5) is 4.39 Å². The zero-order valence-corrected chi connectivity index (χ0v) is 15.7. The van der Waals surface area contributed by atoms with Gasteiger partial charge in [-0.1, -0.05) is 25.1 Å². The van der Waals surface area contributed by atoms with Crippen molar-refractivity contribution in [3.8, 4) is 0 Å². The smallest absolute Gasteiger partial charge is 0.225 e. The van der Waals surface area contributed by atoms with Gasteiger partial charge in [-0.05, 0) is 44.2 Å². The first kappa shape index (κ1) is 19.4. The van der Waals surface area contributed by atoms with Crippen LogP contribution in [0.25, 0.3) is 0 Å². The van der Waals surface area contributed by atoms with Gasteiger partial charge in [0, 0.05) is 38.5 Å². The second-order valence-electron chi connectivity index (χ2n) is 7.32. The van der Waals surface area contributed by atoms with Crippen molar-refractivity contribution in [2.75, 3.05) is 20.1 Å². The number of benzene rings is 1. The molecule has 1 atom stereocenters. The summed E-state index contributed by atoms with van der Waals surface area (Å²) in [4.78, 5) is 28.5. The lowest BCUT2D eigenvalue weighted by molar-refractivity contribution is -0.141. The highest BCUT2D eigenvalue weighted by molar-refractivity contribution is 5.80. The van der Waals surface area contributed by atoms with Crippen LogP contribution in [-0.2, 0) is 9.59 Å². The molecule has 1 aliphatic rings. The lowest BCUT2D eigenvalue weighted by Gasteiger charge is -2.34. The molecule has 25 heavy (non-hydrogen) atoms. The average molecular weight is 348 g/mol. The van der Waals surface area contributed by atoms with Gasteiger partial charge in [-0.3, -0.25) is 9.59 Å². The number of nitrogens with zero attached hydrogens (tertiary/aromatic N) is 2. The van der Waals surface area contributed by atoms with E-state index in [1.54, 1.807) is 23.1 Å². The van der Waals surface area contributed by atoms with Crippen LogP contribution in [0.5, 0.6) is 0 Å². The molecule has 1 heterocycles. The third-order valence-electron chi connectivity index (χ3n) is 5.24. The summed E-state index contributed by atoms with van der Waals surface area (Å²) < 4.78 is 13.8. The molecule has 1 aliphatic heterocycles. The Labute approximate surface area is 150 Å². The van der Waals surface area contributed by atoms with Crippen molar-refractivity contribution < 1.29 is 14.0 Å². The molecule has 0 aromatic heterocycles. The predicted octanol–water partition coefficient (Wildman–Crippen LogP) is 3.42. The second kappa shape index (κ2) is 8.45. The molecule has 1 aromatic rings. The number of hydrogen-bond donors (Lipinski definition) is 0. The van der Waals surface area contributed by atoms with E-state index in [0.717, 1.165) is 0 Å². The molecule has 0 unspecified atom stereocenters. The number of piperidine rings is 1. The fourth-order valence-electron chi connectivity index (χ4n) is 3.29. The maximum atomic E-state index is 13.8. The third-order valence-corrected chi connectivity index (χ3v) is 5.24. The molecule has 0 N–H and O–H groups in total. The first-order valence-electron chi connectivity index (χ1n) is 9.10. The highest BCUT2D eigenvalue weighted by Gasteiger charge is 2.30. The van der Waals surface area contributed by atoms with Gasteiger partial charge in [-0.25, -0.2) is 4.39 Å². The van der Waals surface area contributed by atoms with Crippen LogP contribution < -0.4 is 0 Å². The second-order valence-corrected chi connectivity index (χ2v) is 7.32. The van der Waals surface area contributed by atoms with Crippen molar-refractivity contribution in [1.82, 2.24) is 9.80 Å². The molecule has 2 rings (SSSR count). The fourth-order valence-corrected chi connectivity index (χ4v) is 3.29. The summed E-state index contributed by atoms with van der Waals surface area (Å²) in [6, 6.07) is 6.80. The number of halogens is 1. The summed E-state index contributed by atoms with van der Waals surface area (Å²) in [7, 11) is 1.83. The van der Waals surface area contributed by atoms with Gasteiger partial charge in [0.25, 0.3) is 0 Å². The van der Waals surface area contributed by atoms with Gasteiger partial charge in [-0.2, -0.15) is 0 Å². The molecule has 0 saturated carbocycles. The summed E-state index contributed by atoms with van der Waals surface area (Å²) in [6.45, 7) is 7.09. The molecule has 0 spiro atoms. The zero-order valence-electron chi connectivity index (χ0n) is 15.7. The van der Waals surface area contributed by atoms with Crippen molar-refractivity contribution in [3.63, 3.8) is 0 Å². The first-order chi connectivity index (χ1) is 11.8. The predicted molar refractivity (Wildman–Crippen MR) is 96.6 cm³/mol. The first-order valence-corrected chi connectivity index (χ1v) is 9.10. The number of rotatable bonds is 5. The number of carbonyl (C=O) groups excluding carboxylic acids is 2. The van der Waals surface area contributed by atoms with Gasteiger partial charge in [-0.15, -0.1) is 0 Å². The Morgan fingerprint density at radius 3 is 2.36 bits per heavy atom. The molecular weight excluding hydrogens is 319 g/mol. The van der Waals surface area contributed by atoms with Gasteiger partial charge in [0.1, 0.15) is 5.82 Å². The van der Waals surface area contributed by atoms with Crippen molar-refractivity contribution in [1.29, 1.82) is 0 Å². The van der Waals surface area contributed by atoms with E-state index in [4.69, 9.17) is 0 Å². The monoisotopic (exact) mass is 348 g/mol. The zero-order chi connectivity index (χ0) is 18.6. The van der Waals surface area contributed by atoms with E-state index in [1.807, 2.05) is 32.7 Å². The minimum Gasteiger partial charge on any atom is -0.343 e. The van der Waals surface area contributed by atoms with Crippen LogP contribution in [0.1, 0.15) is 51.5 Å². The van der Waals surface area contributed by atoms with Crippen LogP contribution in [0.15, 0.2) is 24.3 Å². The topological polar surface area (TPSA) is 40.6 Å². The standard InChI is InChI=1S/C20H29FN2O2/c1-14(2)22(4)20(25)16-9-11-23(12-10-16)19(24)13-15(3)17-7-5-6-8-18(17)21/h5-8,14-16H,9-13H2,1-4H3/t15-/m0/s1. The molecule has 5 heteroatoms. The molecule has 2 amide bonds. The lowest BCUT2D eigenvalue weighted by atomic mass is 9.93. The maximum Gasteiger partial charge on any atom is 0.225 e. The number of likely N-dealkylation sites (tertiary alicyclic amines) is 1. The quantitative estimate of drug-likeness (QED) is 0.818. The molecule has 4 nitrogen and oxygen atoms in total. The van der Waals surface area contributed by atoms with Crippen LogP contribution in [0.3, 0.4) is 0 Å². The van der Waals surface area contributed by atoms with E-state index in [1.165, 1.54) is 6.07 Å². The van der Waals surface area contributed by atoms with Crippen molar-refractivity contribution in [2.24, 2.45) is 5.92 Å². The van der Waals surface area contributed by atoms with Crippen LogP contribution >= 0.6 is 0 Å². The van der Waals surface area contributed by atoms with E-state index < -0.39 is 0 Å². The maximum absolute atomic E-state index is 13.8. The fraction of sp³-hybridized carbons (Fsp3) is 0.600. The van der Waals surface area contributed by atoms with Gasteiger partial charge >= 0.3 is 0 Å².